The fourth-order valence-corrected chi connectivity index (χ4v) is 8.04. The second-order valence-electron chi connectivity index (χ2n) is 14.7. The molecule has 0 saturated carbocycles. The van der Waals surface area contributed by atoms with Gasteiger partial charge in [-0.15, -0.1) is 0 Å². The summed E-state index contributed by atoms with van der Waals surface area (Å²) in [5.74, 6) is 3.81. The molecule has 60 heavy (non-hydrogen) atoms. The van der Waals surface area contributed by atoms with Gasteiger partial charge in [-0.2, -0.15) is 0 Å². The maximum atomic E-state index is 5.02. The zero-order valence-corrected chi connectivity index (χ0v) is 32.3. The van der Waals surface area contributed by atoms with E-state index >= 15 is 0 Å². The van der Waals surface area contributed by atoms with E-state index in [-0.39, 0.29) is 0 Å². The highest BCUT2D eigenvalue weighted by Gasteiger charge is 2.29. The molecule has 0 fully saturated rings. The third-order valence-corrected chi connectivity index (χ3v) is 10.9. The first-order valence-electron chi connectivity index (χ1n) is 20.0. The van der Waals surface area contributed by atoms with Crippen molar-refractivity contribution in [3.8, 4) is 113 Å². The molecule has 0 spiro atoms. The first-order valence-corrected chi connectivity index (χ1v) is 20.0. The van der Waals surface area contributed by atoms with E-state index in [1.807, 2.05) is 121 Å². The summed E-state index contributed by atoms with van der Waals surface area (Å²) in [5, 5.41) is 0. The van der Waals surface area contributed by atoms with Crippen LogP contribution in [0.4, 0.5) is 0 Å². The van der Waals surface area contributed by atoms with Crippen LogP contribution in [-0.2, 0) is 0 Å². The molecule has 1 aliphatic rings. The van der Waals surface area contributed by atoms with Crippen molar-refractivity contribution in [2.24, 2.45) is 0 Å². The molecular formula is C54H34N6. The van der Waals surface area contributed by atoms with Gasteiger partial charge in [-0.3, -0.25) is 0 Å². The Morgan fingerprint density at radius 1 is 0.183 bits per heavy atom. The van der Waals surface area contributed by atoms with Crippen molar-refractivity contribution < 1.29 is 0 Å². The number of benzene rings is 8. The molecule has 0 aliphatic heterocycles. The lowest BCUT2D eigenvalue weighted by Gasteiger charge is -2.30. The Labute approximate surface area is 347 Å². The average molecular weight is 767 g/mol. The molecule has 6 nitrogen and oxygen atoms in total. The molecule has 0 atom stereocenters. The van der Waals surface area contributed by atoms with E-state index in [2.05, 4.69) is 84.9 Å². The highest BCUT2D eigenvalue weighted by molar-refractivity contribution is 6.13. The average Bonchev–Trinajstić information content (AvgIpc) is 3.33. The van der Waals surface area contributed by atoms with Crippen molar-refractivity contribution >= 4 is 0 Å². The van der Waals surface area contributed by atoms with Crippen LogP contribution in [-0.4, -0.2) is 29.9 Å². The van der Waals surface area contributed by atoms with E-state index in [0.29, 0.717) is 34.9 Å². The van der Waals surface area contributed by atoms with Gasteiger partial charge in [-0.25, -0.2) is 29.9 Å². The van der Waals surface area contributed by atoms with E-state index in [9.17, 15) is 0 Å². The number of rotatable bonds is 8. The van der Waals surface area contributed by atoms with Crippen LogP contribution in [0.15, 0.2) is 206 Å². The fraction of sp³-hybridized carbons (Fsp3) is 0. The van der Waals surface area contributed by atoms with Crippen molar-refractivity contribution in [1.82, 2.24) is 29.9 Å². The monoisotopic (exact) mass is 766 g/mol. The quantitative estimate of drug-likeness (QED) is 0.153. The minimum absolute atomic E-state index is 0.626. The minimum atomic E-state index is 0.626. The van der Waals surface area contributed by atoms with Crippen LogP contribution in [0.1, 0.15) is 0 Å². The van der Waals surface area contributed by atoms with Crippen molar-refractivity contribution in [3.05, 3.63) is 206 Å². The van der Waals surface area contributed by atoms with Crippen LogP contribution >= 0.6 is 0 Å². The number of hydrogen-bond acceptors (Lipinski definition) is 6. The van der Waals surface area contributed by atoms with Crippen LogP contribution in [0.3, 0.4) is 0 Å². The zero-order chi connectivity index (χ0) is 39.8. The van der Waals surface area contributed by atoms with Gasteiger partial charge in [0.1, 0.15) is 0 Å². The Balaban J connectivity index is 0.996. The smallest absolute Gasteiger partial charge is 0.164 e. The van der Waals surface area contributed by atoms with Crippen LogP contribution < -0.4 is 0 Å². The Kier molecular flexibility index (Phi) is 8.71. The van der Waals surface area contributed by atoms with E-state index < -0.39 is 0 Å². The van der Waals surface area contributed by atoms with Gasteiger partial charge in [0.2, 0.25) is 0 Å². The standard InChI is InChI=1S/C54H34N6/c1-5-17-35(18-6-1)49-55-50(36-19-7-2-8-20-36)58-53(57-49)41-27-13-25-39(33-41)43-29-15-31-45-46-32-16-30-44(48(46)47(43)45)40-26-14-28-42(34-40)54-59-51(37-21-9-3-10-22-37)56-52(60-54)38-23-11-4-12-24-38/h1-34H. The Hall–Kier alpha value is -8.22. The molecule has 0 unspecified atom stereocenters. The van der Waals surface area contributed by atoms with Gasteiger partial charge in [-0.05, 0) is 56.6 Å². The van der Waals surface area contributed by atoms with Gasteiger partial charge < -0.3 is 0 Å². The topological polar surface area (TPSA) is 77.3 Å². The van der Waals surface area contributed by atoms with Crippen LogP contribution in [0.2, 0.25) is 0 Å². The van der Waals surface area contributed by atoms with Crippen LogP contribution in [0.5, 0.6) is 0 Å². The van der Waals surface area contributed by atoms with Gasteiger partial charge in [0.05, 0.1) is 0 Å². The molecule has 1 aliphatic carbocycles. The molecule has 0 amide bonds. The summed E-state index contributed by atoms with van der Waals surface area (Å²) in [7, 11) is 0. The first kappa shape index (κ1) is 35.0. The largest absolute Gasteiger partial charge is 0.208 e. The fourth-order valence-electron chi connectivity index (χ4n) is 8.04. The molecule has 0 bridgehead atoms. The lowest BCUT2D eigenvalue weighted by Crippen LogP contribution is -2.04. The maximum Gasteiger partial charge on any atom is 0.164 e. The second-order valence-corrected chi connectivity index (χ2v) is 14.7. The van der Waals surface area contributed by atoms with Gasteiger partial charge >= 0.3 is 0 Å². The number of hydrogen-bond donors (Lipinski definition) is 0. The Morgan fingerprint density at radius 2 is 0.417 bits per heavy atom. The summed E-state index contributed by atoms with van der Waals surface area (Å²) < 4.78 is 0. The molecule has 2 aromatic heterocycles. The third kappa shape index (κ3) is 6.42. The maximum absolute atomic E-state index is 5.02. The highest BCUT2D eigenvalue weighted by atomic mass is 15.0. The van der Waals surface area contributed by atoms with E-state index in [1.165, 1.54) is 22.3 Å². The van der Waals surface area contributed by atoms with E-state index in [4.69, 9.17) is 29.9 Å². The lowest BCUT2D eigenvalue weighted by atomic mass is 9.73. The first-order chi connectivity index (χ1) is 29.7. The number of aromatic nitrogens is 6. The number of fused-ring (bicyclic) bond motifs is 4. The molecular weight excluding hydrogens is 733 g/mol. The number of nitrogens with zero attached hydrogens (tertiary/aromatic N) is 6. The molecule has 280 valence electrons. The molecule has 10 aromatic rings. The lowest BCUT2D eigenvalue weighted by molar-refractivity contribution is 1.07. The molecule has 0 N–H and O–H groups in total. The second kappa shape index (κ2) is 14.9. The molecule has 2 heterocycles. The van der Waals surface area contributed by atoms with Crippen molar-refractivity contribution in [3.63, 3.8) is 0 Å². The van der Waals surface area contributed by atoms with Crippen molar-refractivity contribution in [2.75, 3.05) is 0 Å². The molecule has 11 rings (SSSR count). The summed E-state index contributed by atoms with van der Waals surface area (Å²) in [6.07, 6.45) is 0. The summed E-state index contributed by atoms with van der Waals surface area (Å²) in [6, 6.07) is 70.6. The summed E-state index contributed by atoms with van der Waals surface area (Å²) in [4.78, 5) is 29.9. The minimum Gasteiger partial charge on any atom is -0.208 e. The normalized spacial score (nSPS) is 11.3. The molecule has 0 radical (unpaired) electrons. The predicted octanol–water partition coefficient (Wildman–Crippen LogP) is 13.0. The van der Waals surface area contributed by atoms with Crippen molar-refractivity contribution in [1.29, 1.82) is 0 Å². The molecule has 8 aromatic carbocycles. The van der Waals surface area contributed by atoms with Gasteiger partial charge in [0.15, 0.2) is 34.9 Å². The van der Waals surface area contributed by atoms with E-state index in [0.717, 1.165) is 55.6 Å². The van der Waals surface area contributed by atoms with Crippen LogP contribution in [0.25, 0.3) is 113 Å². The molecule has 0 saturated heterocycles. The van der Waals surface area contributed by atoms with Gasteiger partial charge in [-0.1, -0.05) is 194 Å². The van der Waals surface area contributed by atoms with Crippen LogP contribution in [0, 0.1) is 0 Å². The van der Waals surface area contributed by atoms with Gasteiger partial charge in [0, 0.05) is 33.4 Å². The SMILES string of the molecule is c1ccc(-c2nc(-c3ccccc3)nc(-c3cccc(-c4cccc5c4-c4c(-c6cccc(-c7nc(-c8ccccc8)nc(-c8ccccc8)n7)c6)cccc4-5)c3)n2)cc1. The summed E-state index contributed by atoms with van der Waals surface area (Å²) in [6.45, 7) is 0. The highest BCUT2D eigenvalue weighted by Crippen LogP contribution is 2.55. The molecule has 6 heteroatoms. The van der Waals surface area contributed by atoms with Gasteiger partial charge in [0.25, 0.3) is 0 Å². The third-order valence-electron chi connectivity index (χ3n) is 10.9. The summed E-state index contributed by atoms with van der Waals surface area (Å²) >= 11 is 0. The Bertz CT molecular complexity index is 2850. The predicted molar refractivity (Wildman–Crippen MR) is 241 cm³/mol. The van der Waals surface area contributed by atoms with Crippen molar-refractivity contribution in [2.45, 2.75) is 0 Å². The Morgan fingerprint density at radius 3 is 0.733 bits per heavy atom. The van der Waals surface area contributed by atoms with E-state index in [1.54, 1.807) is 0 Å². The zero-order valence-electron chi connectivity index (χ0n) is 32.3. The summed E-state index contributed by atoms with van der Waals surface area (Å²) in [5.41, 5.74) is 15.0.